The van der Waals surface area contributed by atoms with Crippen LogP contribution in [0.4, 0.5) is 22.7 Å². The Kier molecular flexibility index (Phi) is 4.38. The SMILES string of the molecule is [C-]#[N+]c1ccc(N(c2ccccc2)c2ccc3c(c2)sc2ccc4ccccc4c23)cc1. The van der Waals surface area contributed by atoms with E-state index in [1.165, 1.54) is 30.9 Å². The zero-order valence-electron chi connectivity index (χ0n) is 17.2. The van der Waals surface area contributed by atoms with E-state index in [1.807, 2.05) is 41.7 Å². The van der Waals surface area contributed by atoms with Crippen LogP contribution in [0.2, 0.25) is 0 Å². The van der Waals surface area contributed by atoms with Gasteiger partial charge in [-0.05, 0) is 53.2 Å². The lowest BCUT2D eigenvalue weighted by atomic mass is 10.0. The quantitative estimate of drug-likeness (QED) is 0.256. The normalized spacial score (nSPS) is 11.1. The van der Waals surface area contributed by atoms with Gasteiger partial charge in [0, 0.05) is 37.2 Å². The Morgan fingerprint density at radius 2 is 1.31 bits per heavy atom. The van der Waals surface area contributed by atoms with Gasteiger partial charge in [-0.1, -0.05) is 66.7 Å². The van der Waals surface area contributed by atoms with Crippen LogP contribution in [-0.2, 0) is 0 Å². The minimum Gasteiger partial charge on any atom is -0.311 e. The predicted octanol–water partition coefficient (Wildman–Crippen LogP) is 9.23. The summed E-state index contributed by atoms with van der Waals surface area (Å²) in [5.41, 5.74) is 3.88. The largest absolute Gasteiger partial charge is 0.311 e. The van der Waals surface area contributed by atoms with E-state index in [1.54, 1.807) is 0 Å². The Bertz CT molecular complexity index is 1620. The van der Waals surface area contributed by atoms with Gasteiger partial charge < -0.3 is 4.90 Å². The number of hydrogen-bond acceptors (Lipinski definition) is 2. The highest BCUT2D eigenvalue weighted by Gasteiger charge is 2.15. The predicted molar refractivity (Wildman–Crippen MR) is 138 cm³/mol. The van der Waals surface area contributed by atoms with Crippen LogP contribution in [0.1, 0.15) is 0 Å². The van der Waals surface area contributed by atoms with Crippen molar-refractivity contribution < 1.29 is 0 Å². The first-order chi connectivity index (χ1) is 15.8. The maximum absolute atomic E-state index is 7.26. The second-order valence-corrected chi connectivity index (χ2v) is 8.83. The zero-order chi connectivity index (χ0) is 21.5. The van der Waals surface area contributed by atoms with Crippen molar-refractivity contribution in [1.82, 2.24) is 0 Å². The summed E-state index contributed by atoms with van der Waals surface area (Å²) in [6.45, 7) is 7.26. The van der Waals surface area contributed by atoms with Gasteiger partial charge in [0.25, 0.3) is 0 Å². The van der Waals surface area contributed by atoms with Gasteiger partial charge in [0.15, 0.2) is 5.69 Å². The highest BCUT2D eigenvalue weighted by Crippen LogP contribution is 2.42. The van der Waals surface area contributed by atoms with Crippen LogP contribution < -0.4 is 4.90 Å². The Morgan fingerprint density at radius 1 is 0.594 bits per heavy atom. The third-order valence-electron chi connectivity index (χ3n) is 5.85. The van der Waals surface area contributed by atoms with E-state index in [4.69, 9.17) is 6.57 Å². The molecule has 0 amide bonds. The number of hydrogen-bond donors (Lipinski definition) is 0. The Hall–Kier alpha value is -4.13. The van der Waals surface area contributed by atoms with Crippen molar-refractivity contribution in [3.8, 4) is 0 Å². The fourth-order valence-corrected chi connectivity index (χ4v) is 5.53. The number of thiophene rings is 1. The molecular weight excluding hydrogens is 408 g/mol. The van der Waals surface area contributed by atoms with Crippen LogP contribution >= 0.6 is 11.3 Å². The van der Waals surface area contributed by atoms with Crippen LogP contribution in [0.25, 0.3) is 35.8 Å². The third kappa shape index (κ3) is 3.01. The van der Waals surface area contributed by atoms with Gasteiger partial charge in [0.1, 0.15) is 0 Å². The molecule has 0 radical (unpaired) electrons. The van der Waals surface area contributed by atoms with Crippen molar-refractivity contribution in [3.63, 3.8) is 0 Å². The summed E-state index contributed by atoms with van der Waals surface area (Å²) in [5.74, 6) is 0. The van der Waals surface area contributed by atoms with E-state index in [9.17, 15) is 0 Å². The minimum absolute atomic E-state index is 0.647. The van der Waals surface area contributed by atoms with Gasteiger partial charge >= 0.3 is 0 Å². The number of para-hydroxylation sites is 1. The lowest BCUT2D eigenvalue weighted by molar-refractivity contribution is 1.29. The van der Waals surface area contributed by atoms with Crippen molar-refractivity contribution in [3.05, 3.63) is 121 Å². The molecule has 0 unspecified atom stereocenters. The van der Waals surface area contributed by atoms with Gasteiger partial charge in [-0.2, -0.15) is 0 Å². The molecular formula is C29H18N2S. The number of rotatable bonds is 3. The first kappa shape index (κ1) is 18.6. The molecule has 0 N–H and O–H groups in total. The lowest BCUT2D eigenvalue weighted by Crippen LogP contribution is -2.09. The Balaban J connectivity index is 1.57. The fourth-order valence-electron chi connectivity index (χ4n) is 4.37. The molecule has 1 heterocycles. The summed E-state index contributed by atoms with van der Waals surface area (Å²) < 4.78 is 2.58. The molecule has 6 aromatic rings. The Morgan fingerprint density at radius 3 is 2.12 bits per heavy atom. The van der Waals surface area contributed by atoms with Crippen molar-refractivity contribution in [1.29, 1.82) is 0 Å². The van der Waals surface area contributed by atoms with Gasteiger partial charge in [-0.3, -0.25) is 0 Å². The van der Waals surface area contributed by atoms with E-state index >= 15 is 0 Å². The summed E-state index contributed by atoms with van der Waals surface area (Å²) in [6.07, 6.45) is 0. The van der Waals surface area contributed by atoms with Crippen molar-refractivity contribution in [2.24, 2.45) is 0 Å². The number of benzene rings is 5. The second kappa shape index (κ2) is 7.53. The standard InChI is InChI=1S/C29H18N2S/c1-30-21-12-14-23(15-13-21)31(22-8-3-2-4-9-22)24-16-17-26-28(19-24)32-27-18-11-20-7-5-6-10-25(20)29(26)27/h2-19H. The van der Waals surface area contributed by atoms with Gasteiger partial charge in [0.05, 0.1) is 6.57 Å². The van der Waals surface area contributed by atoms with Crippen LogP contribution in [0.5, 0.6) is 0 Å². The van der Waals surface area contributed by atoms with E-state index < -0.39 is 0 Å². The molecule has 0 saturated heterocycles. The zero-order valence-corrected chi connectivity index (χ0v) is 18.0. The summed E-state index contributed by atoms with van der Waals surface area (Å²) >= 11 is 1.84. The summed E-state index contributed by atoms with van der Waals surface area (Å²) in [6, 6.07) is 37.9. The average Bonchev–Trinajstić information content (AvgIpc) is 3.24. The molecule has 5 aromatic carbocycles. The summed E-state index contributed by atoms with van der Waals surface area (Å²) in [7, 11) is 0. The molecule has 0 fully saturated rings. The lowest BCUT2D eigenvalue weighted by Gasteiger charge is -2.25. The minimum atomic E-state index is 0.647. The van der Waals surface area contributed by atoms with E-state index in [0.717, 1.165) is 17.1 Å². The third-order valence-corrected chi connectivity index (χ3v) is 6.97. The molecule has 150 valence electrons. The summed E-state index contributed by atoms with van der Waals surface area (Å²) in [4.78, 5) is 5.79. The molecule has 0 saturated carbocycles. The van der Waals surface area contributed by atoms with Gasteiger partial charge in [0.2, 0.25) is 0 Å². The van der Waals surface area contributed by atoms with Crippen molar-refractivity contribution in [2.75, 3.05) is 4.90 Å². The van der Waals surface area contributed by atoms with Gasteiger partial charge in [-0.15, -0.1) is 11.3 Å². The van der Waals surface area contributed by atoms with Crippen LogP contribution in [0.15, 0.2) is 109 Å². The van der Waals surface area contributed by atoms with Crippen LogP contribution in [-0.4, -0.2) is 0 Å². The smallest absolute Gasteiger partial charge is 0.187 e. The van der Waals surface area contributed by atoms with Gasteiger partial charge in [-0.25, -0.2) is 4.85 Å². The molecule has 0 spiro atoms. The maximum Gasteiger partial charge on any atom is 0.187 e. The van der Waals surface area contributed by atoms with Crippen LogP contribution in [0.3, 0.4) is 0 Å². The monoisotopic (exact) mass is 426 g/mol. The molecule has 32 heavy (non-hydrogen) atoms. The molecule has 1 aromatic heterocycles. The van der Waals surface area contributed by atoms with Crippen molar-refractivity contribution in [2.45, 2.75) is 0 Å². The Labute approximate surface area is 190 Å². The first-order valence-corrected chi connectivity index (χ1v) is 11.3. The van der Waals surface area contributed by atoms with E-state index in [0.29, 0.717) is 5.69 Å². The van der Waals surface area contributed by atoms with E-state index in [2.05, 4.69) is 88.6 Å². The molecule has 0 aliphatic heterocycles. The molecule has 0 bridgehead atoms. The number of nitrogens with zero attached hydrogens (tertiary/aromatic N) is 2. The topological polar surface area (TPSA) is 7.60 Å². The summed E-state index contributed by atoms with van der Waals surface area (Å²) in [5, 5.41) is 5.21. The molecule has 0 atom stereocenters. The van der Waals surface area contributed by atoms with Crippen LogP contribution in [0, 0.1) is 6.57 Å². The highest BCUT2D eigenvalue weighted by molar-refractivity contribution is 7.26. The average molecular weight is 427 g/mol. The highest BCUT2D eigenvalue weighted by atomic mass is 32.1. The maximum atomic E-state index is 7.26. The first-order valence-electron chi connectivity index (χ1n) is 10.5. The molecule has 6 rings (SSSR count). The molecule has 0 aliphatic carbocycles. The number of fused-ring (bicyclic) bond motifs is 5. The molecule has 2 nitrogen and oxygen atoms in total. The van der Waals surface area contributed by atoms with Crippen molar-refractivity contribution >= 4 is 65.0 Å². The molecule has 0 aliphatic rings. The molecule has 3 heteroatoms. The fraction of sp³-hybridized carbons (Fsp3) is 0. The second-order valence-electron chi connectivity index (χ2n) is 7.74. The van der Waals surface area contributed by atoms with E-state index in [-0.39, 0.29) is 0 Å². The number of anilines is 3.